The molecule has 0 saturated carbocycles. The molecule has 2 aromatic rings. The zero-order valence-corrected chi connectivity index (χ0v) is 13.3. The maximum atomic E-state index is 4.40. The lowest BCUT2D eigenvalue weighted by Gasteiger charge is -2.16. The second-order valence-electron chi connectivity index (χ2n) is 5.18. The van der Waals surface area contributed by atoms with E-state index < -0.39 is 0 Å². The Morgan fingerprint density at radius 1 is 1.21 bits per heavy atom. The molecule has 3 nitrogen and oxygen atoms in total. The molecule has 0 saturated heterocycles. The molecule has 0 amide bonds. The summed E-state index contributed by atoms with van der Waals surface area (Å²) >= 11 is 3.62. The molecule has 102 valence electrons. The van der Waals surface area contributed by atoms with Gasteiger partial charge in [-0.1, -0.05) is 45.8 Å². The lowest BCUT2D eigenvalue weighted by Crippen LogP contribution is -2.13. The molecule has 0 fully saturated rings. The molecule has 0 bridgehead atoms. The van der Waals surface area contributed by atoms with Gasteiger partial charge in [-0.25, -0.2) is 9.67 Å². The lowest BCUT2D eigenvalue weighted by atomic mass is 9.96. The van der Waals surface area contributed by atoms with Crippen LogP contribution in [0.4, 0.5) is 0 Å². The van der Waals surface area contributed by atoms with Crippen LogP contribution in [-0.4, -0.2) is 20.1 Å². The highest BCUT2D eigenvalue weighted by atomic mass is 79.9. The minimum atomic E-state index is 0.353. The highest BCUT2D eigenvalue weighted by molar-refractivity contribution is 9.09. The summed E-state index contributed by atoms with van der Waals surface area (Å²) in [6, 6.07) is 9.09. The Labute approximate surface area is 123 Å². The third kappa shape index (κ3) is 3.44. The van der Waals surface area contributed by atoms with Crippen LogP contribution in [-0.2, 0) is 6.42 Å². The quantitative estimate of drug-likeness (QED) is 0.782. The molecule has 1 atom stereocenters. The van der Waals surface area contributed by atoms with Gasteiger partial charge in [-0.3, -0.25) is 0 Å². The van der Waals surface area contributed by atoms with Gasteiger partial charge in [0.25, 0.3) is 0 Å². The molecular formula is C15H20BrN3. The third-order valence-electron chi connectivity index (χ3n) is 3.30. The first-order valence-corrected chi connectivity index (χ1v) is 7.75. The van der Waals surface area contributed by atoms with Crippen LogP contribution in [0.2, 0.25) is 0 Å². The molecule has 0 N–H and O–H groups in total. The van der Waals surface area contributed by atoms with Gasteiger partial charge in [-0.15, -0.1) is 0 Å². The summed E-state index contributed by atoms with van der Waals surface area (Å²) in [4.78, 5) is 4.40. The van der Waals surface area contributed by atoms with E-state index in [1.807, 2.05) is 4.68 Å². The first kappa shape index (κ1) is 14.3. The standard InChI is InChI=1S/C15H20BrN3/c1-11(2)19-15(17-10-18-19)8-14(9-16)13-6-4-12(3)5-7-13/h4-7,10-11,14H,8-9H2,1-3H3. The Morgan fingerprint density at radius 2 is 1.89 bits per heavy atom. The van der Waals surface area contributed by atoms with E-state index in [4.69, 9.17) is 0 Å². The molecule has 0 spiro atoms. The maximum Gasteiger partial charge on any atom is 0.138 e. The molecule has 0 radical (unpaired) electrons. The fourth-order valence-corrected chi connectivity index (χ4v) is 2.77. The SMILES string of the molecule is Cc1ccc(C(CBr)Cc2ncnn2C(C)C)cc1. The van der Waals surface area contributed by atoms with E-state index in [2.05, 4.69) is 71.0 Å². The summed E-state index contributed by atoms with van der Waals surface area (Å²) in [5, 5.41) is 5.23. The summed E-state index contributed by atoms with van der Waals surface area (Å²) in [7, 11) is 0. The Balaban J connectivity index is 2.19. The van der Waals surface area contributed by atoms with Gasteiger partial charge in [0.1, 0.15) is 12.2 Å². The van der Waals surface area contributed by atoms with Crippen LogP contribution in [0.5, 0.6) is 0 Å². The topological polar surface area (TPSA) is 30.7 Å². The van der Waals surface area contributed by atoms with Gasteiger partial charge in [-0.05, 0) is 26.3 Å². The van der Waals surface area contributed by atoms with E-state index in [1.54, 1.807) is 6.33 Å². The van der Waals surface area contributed by atoms with Gasteiger partial charge in [0.05, 0.1) is 0 Å². The number of benzene rings is 1. The average Bonchev–Trinajstić information content (AvgIpc) is 2.85. The van der Waals surface area contributed by atoms with Crippen molar-refractivity contribution in [2.24, 2.45) is 0 Å². The van der Waals surface area contributed by atoms with E-state index in [-0.39, 0.29) is 0 Å². The molecular weight excluding hydrogens is 302 g/mol. The maximum absolute atomic E-state index is 4.40. The van der Waals surface area contributed by atoms with Crippen molar-refractivity contribution in [1.82, 2.24) is 14.8 Å². The van der Waals surface area contributed by atoms with Crippen molar-refractivity contribution in [3.63, 3.8) is 0 Å². The summed E-state index contributed by atoms with van der Waals surface area (Å²) in [5.41, 5.74) is 2.64. The van der Waals surface area contributed by atoms with Gasteiger partial charge >= 0.3 is 0 Å². The summed E-state index contributed by atoms with van der Waals surface area (Å²) in [6.45, 7) is 6.38. The predicted molar refractivity (Wildman–Crippen MR) is 81.8 cm³/mol. The number of rotatable bonds is 5. The van der Waals surface area contributed by atoms with Crippen LogP contribution in [0.25, 0.3) is 0 Å². The monoisotopic (exact) mass is 321 g/mol. The van der Waals surface area contributed by atoms with Crippen molar-refractivity contribution in [2.45, 2.75) is 39.2 Å². The fourth-order valence-electron chi connectivity index (χ4n) is 2.17. The number of alkyl halides is 1. The van der Waals surface area contributed by atoms with Gasteiger partial charge in [0.2, 0.25) is 0 Å². The largest absolute Gasteiger partial charge is 0.248 e. The first-order valence-electron chi connectivity index (χ1n) is 6.62. The number of hydrogen-bond acceptors (Lipinski definition) is 2. The second-order valence-corrected chi connectivity index (χ2v) is 5.83. The van der Waals surface area contributed by atoms with E-state index in [1.165, 1.54) is 11.1 Å². The number of nitrogens with zero attached hydrogens (tertiary/aromatic N) is 3. The van der Waals surface area contributed by atoms with E-state index in [0.29, 0.717) is 12.0 Å². The Bertz CT molecular complexity index is 516. The van der Waals surface area contributed by atoms with Crippen LogP contribution < -0.4 is 0 Å². The Kier molecular flexibility index (Phi) is 4.75. The predicted octanol–water partition coefficient (Wildman–Crippen LogP) is 3.89. The molecule has 1 aromatic heterocycles. The van der Waals surface area contributed by atoms with Gasteiger partial charge in [0.15, 0.2) is 0 Å². The molecule has 0 aliphatic heterocycles. The van der Waals surface area contributed by atoms with Crippen LogP contribution in [0.1, 0.15) is 42.8 Å². The lowest BCUT2D eigenvalue weighted by molar-refractivity contribution is 0.497. The summed E-state index contributed by atoms with van der Waals surface area (Å²) in [6.07, 6.45) is 2.56. The zero-order chi connectivity index (χ0) is 13.8. The van der Waals surface area contributed by atoms with Crippen LogP contribution in [0.3, 0.4) is 0 Å². The second kappa shape index (κ2) is 6.33. The highest BCUT2D eigenvalue weighted by Gasteiger charge is 2.16. The molecule has 1 unspecified atom stereocenters. The van der Waals surface area contributed by atoms with E-state index >= 15 is 0 Å². The van der Waals surface area contributed by atoms with Crippen molar-refractivity contribution in [1.29, 1.82) is 0 Å². The molecule has 19 heavy (non-hydrogen) atoms. The smallest absolute Gasteiger partial charge is 0.138 e. The normalized spacial score (nSPS) is 12.9. The van der Waals surface area contributed by atoms with Crippen molar-refractivity contribution >= 4 is 15.9 Å². The Morgan fingerprint density at radius 3 is 2.47 bits per heavy atom. The van der Waals surface area contributed by atoms with Gasteiger partial charge in [0, 0.05) is 23.7 Å². The van der Waals surface area contributed by atoms with Crippen LogP contribution in [0.15, 0.2) is 30.6 Å². The summed E-state index contributed by atoms with van der Waals surface area (Å²) in [5.74, 6) is 1.49. The highest BCUT2D eigenvalue weighted by Crippen LogP contribution is 2.23. The van der Waals surface area contributed by atoms with E-state index in [9.17, 15) is 0 Å². The number of halogens is 1. The number of hydrogen-bond donors (Lipinski definition) is 0. The fraction of sp³-hybridized carbons (Fsp3) is 0.467. The van der Waals surface area contributed by atoms with Gasteiger partial charge in [-0.2, -0.15) is 5.10 Å². The Hall–Kier alpha value is -1.16. The zero-order valence-electron chi connectivity index (χ0n) is 11.7. The number of aryl methyl sites for hydroxylation is 1. The molecule has 0 aliphatic rings. The third-order valence-corrected chi connectivity index (χ3v) is 4.08. The van der Waals surface area contributed by atoms with Crippen molar-refractivity contribution in [3.05, 3.63) is 47.5 Å². The molecule has 1 heterocycles. The molecule has 1 aromatic carbocycles. The molecule has 2 rings (SSSR count). The average molecular weight is 322 g/mol. The minimum Gasteiger partial charge on any atom is -0.248 e. The van der Waals surface area contributed by atoms with Crippen molar-refractivity contribution < 1.29 is 0 Å². The molecule has 0 aliphatic carbocycles. The summed E-state index contributed by atoms with van der Waals surface area (Å²) < 4.78 is 2.00. The minimum absolute atomic E-state index is 0.353. The first-order chi connectivity index (χ1) is 9.11. The van der Waals surface area contributed by atoms with Crippen molar-refractivity contribution in [2.75, 3.05) is 5.33 Å². The van der Waals surface area contributed by atoms with Crippen LogP contribution >= 0.6 is 15.9 Å². The van der Waals surface area contributed by atoms with Gasteiger partial charge < -0.3 is 0 Å². The van der Waals surface area contributed by atoms with E-state index in [0.717, 1.165) is 17.6 Å². The number of aromatic nitrogens is 3. The molecule has 4 heteroatoms. The van der Waals surface area contributed by atoms with Crippen LogP contribution in [0, 0.1) is 6.92 Å². The van der Waals surface area contributed by atoms with Crippen molar-refractivity contribution in [3.8, 4) is 0 Å².